The van der Waals surface area contributed by atoms with Gasteiger partial charge in [0.15, 0.2) is 5.82 Å². The van der Waals surface area contributed by atoms with Crippen molar-refractivity contribution in [3.05, 3.63) is 36.4 Å². The van der Waals surface area contributed by atoms with Crippen LogP contribution in [0.15, 0.2) is 30.6 Å². The lowest BCUT2D eigenvalue weighted by Gasteiger charge is -2.00. The Hall–Kier alpha value is -1.84. The van der Waals surface area contributed by atoms with Gasteiger partial charge < -0.3 is 5.73 Å². The number of nitrogens with two attached hydrogens (primary N) is 1. The lowest BCUT2D eigenvalue weighted by Crippen LogP contribution is -1.97. The Kier molecular flexibility index (Phi) is 2.41. The molecule has 0 aliphatic rings. The monoisotopic (exact) mass is 202 g/mol. The molecule has 0 saturated heterocycles. The number of benzene rings is 1. The van der Waals surface area contributed by atoms with Gasteiger partial charge in [0.25, 0.3) is 0 Å². The maximum atomic E-state index is 5.61. The molecule has 2 aromatic rings. The van der Waals surface area contributed by atoms with Crippen LogP contribution in [-0.2, 0) is 0 Å². The highest BCUT2D eigenvalue weighted by molar-refractivity contribution is 5.44. The van der Waals surface area contributed by atoms with Gasteiger partial charge in [0.05, 0.1) is 5.69 Å². The van der Waals surface area contributed by atoms with Gasteiger partial charge >= 0.3 is 0 Å². The van der Waals surface area contributed by atoms with E-state index in [1.165, 1.54) is 0 Å². The molecule has 4 heteroatoms. The number of anilines is 1. The van der Waals surface area contributed by atoms with E-state index in [1.54, 1.807) is 11.0 Å². The second kappa shape index (κ2) is 3.73. The third-order valence-electron chi connectivity index (χ3n) is 2.18. The molecule has 0 fully saturated rings. The summed E-state index contributed by atoms with van der Waals surface area (Å²) < 4.78 is 1.76. The Morgan fingerprint density at radius 1 is 1.20 bits per heavy atom. The van der Waals surface area contributed by atoms with Gasteiger partial charge in [-0.3, -0.25) is 0 Å². The summed E-state index contributed by atoms with van der Waals surface area (Å²) in [6.45, 7) is 4.14. The number of rotatable bonds is 2. The van der Waals surface area contributed by atoms with Crippen LogP contribution in [0.25, 0.3) is 5.69 Å². The normalized spacial score (nSPS) is 10.9. The van der Waals surface area contributed by atoms with E-state index < -0.39 is 0 Å². The van der Waals surface area contributed by atoms with Crippen LogP contribution in [0.2, 0.25) is 0 Å². The quantitative estimate of drug-likeness (QED) is 0.757. The van der Waals surface area contributed by atoms with Gasteiger partial charge in [0.1, 0.15) is 6.33 Å². The van der Waals surface area contributed by atoms with Crippen molar-refractivity contribution in [2.45, 2.75) is 19.8 Å². The van der Waals surface area contributed by atoms with Crippen LogP contribution in [0.3, 0.4) is 0 Å². The molecule has 0 spiro atoms. The molecule has 1 heterocycles. The van der Waals surface area contributed by atoms with E-state index in [9.17, 15) is 0 Å². The van der Waals surface area contributed by atoms with E-state index in [2.05, 4.69) is 23.9 Å². The van der Waals surface area contributed by atoms with E-state index >= 15 is 0 Å². The Balaban J connectivity index is 2.33. The van der Waals surface area contributed by atoms with Crippen molar-refractivity contribution in [3.63, 3.8) is 0 Å². The van der Waals surface area contributed by atoms with Crippen LogP contribution < -0.4 is 5.73 Å². The fourth-order valence-electron chi connectivity index (χ4n) is 1.29. The molecule has 0 amide bonds. The number of nitrogen functional groups attached to an aromatic ring is 1. The Labute approximate surface area is 88.8 Å². The van der Waals surface area contributed by atoms with Crippen LogP contribution in [-0.4, -0.2) is 14.8 Å². The molecule has 0 saturated carbocycles. The van der Waals surface area contributed by atoms with E-state index in [0.29, 0.717) is 5.92 Å². The van der Waals surface area contributed by atoms with E-state index in [1.807, 2.05) is 24.3 Å². The van der Waals surface area contributed by atoms with Crippen molar-refractivity contribution in [3.8, 4) is 5.69 Å². The minimum atomic E-state index is 0.347. The summed E-state index contributed by atoms with van der Waals surface area (Å²) in [5.74, 6) is 1.20. The second-order valence-electron chi connectivity index (χ2n) is 3.79. The minimum absolute atomic E-state index is 0.347. The van der Waals surface area contributed by atoms with E-state index in [-0.39, 0.29) is 0 Å². The van der Waals surface area contributed by atoms with Gasteiger partial charge in [0.2, 0.25) is 0 Å². The van der Waals surface area contributed by atoms with E-state index in [4.69, 9.17) is 5.73 Å². The molecule has 2 rings (SSSR count). The Morgan fingerprint density at radius 3 is 2.40 bits per heavy atom. The number of hydrogen-bond acceptors (Lipinski definition) is 3. The molecule has 2 N–H and O–H groups in total. The highest BCUT2D eigenvalue weighted by atomic mass is 15.3. The zero-order valence-electron chi connectivity index (χ0n) is 8.88. The molecule has 15 heavy (non-hydrogen) atoms. The molecule has 0 aliphatic heterocycles. The standard InChI is InChI=1S/C11H14N4/c1-8(2)11-13-7-15(14-11)10-5-3-9(12)4-6-10/h3-8H,12H2,1-2H3. The lowest BCUT2D eigenvalue weighted by atomic mass is 10.2. The van der Waals surface area contributed by atoms with Gasteiger partial charge in [-0.2, -0.15) is 5.10 Å². The van der Waals surface area contributed by atoms with Crippen molar-refractivity contribution in [1.29, 1.82) is 0 Å². The van der Waals surface area contributed by atoms with Crippen molar-refractivity contribution in [1.82, 2.24) is 14.8 Å². The average molecular weight is 202 g/mol. The highest BCUT2D eigenvalue weighted by Gasteiger charge is 2.05. The SMILES string of the molecule is CC(C)c1ncn(-c2ccc(N)cc2)n1. The van der Waals surface area contributed by atoms with Crippen LogP contribution in [0.1, 0.15) is 25.6 Å². The van der Waals surface area contributed by atoms with Crippen LogP contribution >= 0.6 is 0 Å². The topological polar surface area (TPSA) is 56.7 Å². The maximum Gasteiger partial charge on any atom is 0.153 e. The molecule has 4 nitrogen and oxygen atoms in total. The van der Waals surface area contributed by atoms with Crippen molar-refractivity contribution < 1.29 is 0 Å². The van der Waals surface area contributed by atoms with Gasteiger partial charge in [-0.25, -0.2) is 9.67 Å². The van der Waals surface area contributed by atoms with Crippen LogP contribution in [0.4, 0.5) is 5.69 Å². The maximum absolute atomic E-state index is 5.61. The Bertz CT molecular complexity index is 442. The zero-order valence-corrected chi connectivity index (χ0v) is 8.88. The van der Waals surface area contributed by atoms with Crippen molar-refractivity contribution in [2.24, 2.45) is 0 Å². The summed E-state index contributed by atoms with van der Waals surface area (Å²) in [6, 6.07) is 7.56. The predicted octanol–water partition coefficient (Wildman–Crippen LogP) is 1.97. The van der Waals surface area contributed by atoms with Crippen molar-refractivity contribution >= 4 is 5.69 Å². The van der Waals surface area contributed by atoms with Crippen LogP contribution in [0, 0.1) is 0 Å². The summed E-state index contributed by atoms with van der Waals surface area (Å²) in [6.07, 6.45) is 1.72. The molecular weight excluding hydrogens is 188 g/mol. The number of aromatic nitrogens is 3. The summed E-state index contributed by atoms with van der Waals surface area (Å²) in [4.78, 5) is 4.24. The fraction of sp³-hybridized carbons (Fsp3) is 0.273. The third kappa shape index (κ3) is 1.98. The largest absolute Gasteiger partial charge is 0.399 e. The first kappa shape index (κ1) is 9.71. The first-order chi connectivity index (χ1) is 7.16. The summed E-state index contributed by atoms with van der Waals surface area (Å²) in [5, 5.41) is 4.37. The zero-order chi connectivity index (χ0) is 10.8. The van der Waals surface area contributed by atoms with Crippen molar-refractivity contribution in [2.75, 3.05) is 5.73 Å². The highest BCUT2D eigenvalue weighted by Crippen LogP contribution is 2.12. The van der Waals surface area contributed by atoms with Gasteiger partial charge in [-0.05, 0) is 24.3 Å². The smallest absolute Gasteiger partial charge is 0.153 e. The van der Waals surface area contributed by atoms with Gasteiger partial charge in [-0.15, -0.1) is 0 Å². The number of hydrogen-bond donors (Lipinski definition) is 1. The van der Waals surface area contributed by atoms with Gasteiger partial charge in [0, 0.05) is 11.6 Å². The molecule has 0 unspecified atom stereocenters. The second-order valence-corrected chi connectivity index (χ2v) is 3.79. The average Bonchev–Trinajstić information content (AvgIpc) is 2.68. The molecule has 0 bridgehead atoms. The molecule has 1 aromatic heterocycles. The molecule has 78 valence electrons. The Morgan fingerprint density at radius 2 is 1.87 bits per heavy atom. The predicted molar refractivity (Wildman–Crippen MR) is 59.9 cm³/mol. The van der Waals surface area contributed by atoms with E-state index in [0.717, 1.165) is 17.2 Å². The summed E-state index contributed by atoms with van der Waals surface area (Å²) >= 11 is 0. The van der Waals surface area contributed by atoms with Gasteiger partial charge in [-0.1, -0.05) is 13.8 Å². The molecular formula is C11H14N4. The molecule has 0 atom stereocenters. The summed E-state index contributed by atoms with van der Waals surface area (Å²) in [7, 11) is 0. The molecule has 0 radical (unpaired) electrons. The number of nitrogens with zero attached hydrogens (tertiary/aromatic N) is 3. The first-order valence-corrected chi connectivity index (χ1v) is 4.94. The molecule has 1 aromatic carbocycles. The molecule has 0 aliphatic carbocycles. The third-order valence-corrected chi connectivity index (χ3v) is 2.18. The summed E-state index contributed by atoms with van der Waals surface area (Å²) in [5.41, 5.74) is 7.34. The first-order valence-electron chi connectivity index (χ1n) is 4.94. The minimum Gasteiger partial charge on any atom is -0.399 e. The fourth-order valence-corrected chi connectivity index (χ4v) is 1.29. The van der Waals surface area contributed by atoms with Crippen LogP contribution in [0.5, 0.6) is 0 Å². The lowest BCUT2D eigenvalue weighted by molar-refractivity contribution is 0.754.